The van der Waals surface area contributed by atoms with Gasteiger partial charge in [0, 0.05) is 43.2 Å². The fourth-order valence-electron chi connectivity index (χ4n) is 3.52. The van der Waals surface area contributed by atoms with E-state index in [1.165, 1.54) is 0 Å². The minimum atomic E-state index is -0.179. The van der Waals surface area contributed by atoms with E-state index in [4.69, 9.17) is 4.52 Å². The molecule has 0 aliphatic carbocycles. The molecule has 2 aromatic heterocycles. The molecule has 142 valence electrons. The first-order valence-electron chi connectivity index (χ1n) is 8.91. The van der Waals surface area contributed by atoms with Gasteiger partial charge in [0.05, 0.1) is 18.3 Å². The lowest BCUT2D eigenvalue weighted by atomic mass is 9.97. The molecule has 3 heterocycles. The Morgan fingerprint density at radius 2 is 1.96 bits per heavy atom. The number of aromatic nitrogens is 4. The number of aryl methyl sites for hydroxylation is 2. The van der Waals surface area contributed by atoms with Gasteiger partial charge in [-0.3, -0.25) is 9.48 Å². The van der Waals surface area contributed by atoms with Crippen LogP contribution < -0.4 is 5.32 Å². The lowest BCUT2D eigenvalue weighted by Gasteiger charge is -2.26. The number of hydrogen-bond acceptors (Lipinski definition) is 6. The van der Waals surface area contributed by atoms with Gasteiger partial charge < -0.3 is 14.7 Å². The molecule has 8 heteroatoms. The van der Waals surface area contributed by atoms with Gasteiger partial charge in [0.15, 0.2) is 5.82 Å². The number of nitrogens with zero attached hydrogens (tertiary/aromatic N) is 5. The molecule has 0 aromatic carbocycles. The highest BCUT2D eigenvalue weighted by atomic mass is 16.5. The number of carbonyl (C=O) groups is 1. The van der Waals surface area contributed by atoms with E-state index in [9.17, 15) is 4.79 Å². The van der Waals surface area contributed by atoms with Crippen LogP contribution in [0.4, 0.5) is 0 Å². The zero-order valence-electron chi connectivity index (χ0n) is 16.6. The first-order chi connectivity index (χ1) is 12.1. The van der Waals surface area contributed by atoms with Gasteiger partial charge in [-0.15, -0.1) is 0 Å². The molecule has 0 bridgehead atoms. The molecule has 1 saturated heterocycles. The summed E-state index contributed by atoms with van der Waals surface area (Å²) in [6, 6.07) is -0.0733. The normalized spacial score (nSPS) is 21.0. The monoisotopic (exact) mass is 360 g/mol. The second-order valence-electron chi connectivity index (χ2n) is 8.11. The molecule has 8 nitrogen and oxygen atoms in total. The van der Waals surface area contributed by atoms with Crippen molar-refractivity contribution in [3.05, 3.63) is 28.7 Å². The van der Waals surface area contributed by atoms with Crippen LogP contribution in [-0.4, -0.2) is 43.8 Å². The molecule has 2 aromatic rings. The molecular formula is C18H28N6O2. The highest BCUT2D eigenvalue weighted by Crippen LogP contribution is 2.35. The zero-order chi connectivity index (χ0) is 19.2. The maximum atomic E-state index is 12.4. The Labute approximate surface area is 153 Å². The summed E-state index contributed by atoms with van der Waals surface area (Å²) in [5.41, 5.74) is 2.97. The van der Waals surface area contributed by atoms with Crippen LogP contribution in [0.25, 0.3) is 0 Å². The Morgan fingerprint density at radius 3 is 2.50 bits per heavy atom. The second-order valence-corrected chi connectivity index (χ2v) is 8.11. The first-order valence-corrected chi connectivity index (χ1v) is 8.91. The van der Waals surface area contributed by atoms with E-state index in [0.29, 0.717) is 24.7 Å². The molecule has 0 spiro atoms. The Bertz CT molecular complexity index is 816. The fraction of sp³-hybridized carbons (Fsp3) is 0.667. The minimum absolute atomic E-state index is 0.0225. The molecule has 1 aliphatic rings. The van der Waals surface area contributed by atoms with Gasteiger partial charge >= 0.3 is 0 Å². The van der Waals surface area contributed by atoms with Crippen LogP contribution in [0.5, 0.6) is 0 Å². The summed E-state index contributed by atoms with van der Waals surface area (Å²) >= 11 is 0. The van der Waals surface area contributed by atoms with Gasteiger partial charge in [-0.2, -0.15) is 10.1 Å². The SMILES string of the molecule is Cc1nn(C)c(C)c1[C@H]1[C@H](NCc2noc(C(C)(C)C)n2)CC(=O)N1C. The lowest BCUT2D eigenvalue weighted by molar-refractivity contribution is -0.127. The van der Waals surface area contributed by atoms with Crippen LogP contribution in [-0.2, 0) is 23.8 Å². The fourth-order valence-corrected chi connectivity index (χ4v) is 3.52. The highest BCUT2D eigenvalue weighted by Gasteiger charge is 2.41. The molecule has 0 radical (unpaired) electrons. The summed E-state index contributed by atoms with van der Waals surface area (Å²) in [4.78, 5) is 18.6. The first kappa shape index (κ1) is 18.6. The Kier molecular flexibility index (Phi) is 4.64. The topological polar surface area (TPSA) is 89.1 Å². The lowest BCUT2D eigenvalue weighted by Crippen LogP contribution is -2.35. The number of hydrogen-bond donors (Lipinski definition) is 1. The van der Waals surface area contributed by atoms with E-state index in [-0.39, 0.29) is 23.4 Å². The van der Waals surface area contributed by atoms with Crippen LogP contribution >= 0.6 is 0 Å². The quantitative estimate of drug-likeness (QED) is 0.894. The van der Waals surface area contributed by atoms with Crippen molar-refractivity contribution < 1.29 is 9.32 Å². The van der Waals surface area contributed by atoms with Gasteiger partial charge in [0.1, 0.15) is 0 Å². The number of nitrogens with one attached hydrogen (secondary N) is 1. The summed E-state index contributed by atoms with van der Waals surface area (Å²) in [6.45, 7) is 10.6. The van der Waals surface area contributed by atoms with Crippen LogP contribution in [0.1, 0.15) is 61.9 Å². The number of amides is 1. The van der Waals surface area contributed by atoms with E-state index in [1.54, 1.807) is 0 Å². The van der Waals surface area contributed by atoms with Crippen molar-refractivity contribution in [1.82, 2.24) is 30.1 Å². The molecular weight excluding hydrogens is 332 g/mol. The highest BCUT2D eigenvalue weighted by molar-refractivity contribution is 5.80. The van der Waals surface area contributed by atoms with Gasteiger partial charge in [-0.05, 0) is 13.8 Å². The van der Waals surface area contributed by atoms with Crippen LogP contribution in [0.3, 0.4) is 0 Å². The zero-order valence-corrected chi connectivity index (χ0v) is 16.6. The van der Waals surface area contributed by atoms with Crippen LogP contribution in [0.2, 0.25) is 0 Å². The summed E-state index contributed by atoms with van der Waals surface area (Å²) in [5.74, 6) is 1.35. The van der Waals surface area contributed by atoms with Crippen molar-refractivity contribution in [3.63, 3.8) is 0 Å². The van der Waals surface area contributed by atoms with Crippen molar-refractivity contribution in [2.75, 3.05) is 7.05 Å². The smallest absolute Gasteiger partial charge is 0.232 e. The molecule has 0 saturated carbocycles. The number of carbonyl (C=O) groups excluding carboxylic acids is 1. The maximum Gasteiger partial charge on any atom is 0.232 e. The van der Waals surface area contributed by atoms with Crippen molar-refractivity contribution >= 4 is 5.91 Å². The van der Waals surface area contributed by atoms with E-state index in [1.807, 2.05) is 58.3 Å². The average Bonchev–Trinajstić information content (AvgIpc) is 3.19. The Hall–Kier alpha value is -2.22. The molecule has 3 rings (SSSR count). The van der Waals surface area contributed by atoms with Crippen LogP contribution in [0.15, 0.2) is 4.52 Å². The van der Waals surface area contributed by atoms with Crippen molar-refractivity contribution in [3.8, 4) is 0 Å². The number of likely N-dealkylation sites (N-methyl/N-ethyl adjacent to an activating group) is 1. The van der Waals surface area contributed by atoms with Crippen molar-refractivity contribution in [2.45, 2.75) is 65.1 Å². The molecule has 0 unspecified atom stereocenters. The summed E-state index contributed by atoms with van der Waals surface area (Å²) in [5, 5.41) is 12.0. The third-order valence-electron chi connectivity index (χ3n) is 5.08. The van der Waals surface area contributed by atoms with Gasteiger partial charge in [0.25, 0.3) is 0 Å². The second kappa shape index (κ2) is 6.50. The molecule has 1 fully saturated rings. The van der Waals surface area contributed by atoms with Gasteiger partial charge in [0.2, 0.25) is 11.8 Å². The summed E-state index contributed by atoms with van der Waals surface area (Å²) in [6.07, 6.45) is 0.443. The molecule has 26 heavy (non-hydrogen) atoms. The predicted octanol–water partition coefficient (Wildman–Crippen LogP) is 1.78. The van der Waals surface area contributed by atoms with Crippen molar-refractivity contribution in [1.29, 1.82) is 0 Å². The number of likely N-dealkylation sites (tertiary alicyclic amines) is 1. The molecule has 1 amide bonds. The predicted molar refractivity (Wildman–Crippen MR) is 96.4 cm³/mol. The average molecular weight is 360 g/mol. The molecule has 1 N–H and O–H groups in total. The van der Waals surface area contributed by atoms with E-state index >= 15 is 0 Å². The third-order valence-corrected chi connectivity index (χ3v) is 5.08. The van der Waals surface area contributed by atoms with Gasteiger partial charge in [-0.1, -0.05) is 25.9 Å². The van der Waals surface area contributed by atoms with E-state index in [0.717, 1.165) is 17.0 Å². The number of rotatable bonds is 4. The maximum absolute atomic E-state index is 12.4. The van der Waals surface area contributed by atoms with Crippen LogP contribution in [0, 0.1) is 13.8 Å². The minimum Gasteiger partial charge on any atom is -0.339 e. The Morgan fingerprint density at radius 1 is 1.27 bits per heavy atom. The molecule has 2 atom stereocenters. The van der Waals surface area contributed by atoms with E-state index < -0.39 is 0 Å². The van der Waals surface area contributed by atoms with Crippen molar-refractivity contribution in [2.24, 2.45) is 7.05 Å². The standard InChI is InChI=1S/C18H28N6O2/c1-10-15(11(2)24(7)21-10)16-12(8-14(25)23(16)6)19-9-13-20-17(26-22-13)18(3,4)5/h12,16,19H,8-9H2,1-7H3/t12-,16-/m1/s1. The molecule has 1 aliphatic heterocycles. The Balaban J connectivity index is 1.80. The summed E-state index contributed by atoms with van der Waals surface area (Å²) < 4.78 is 7.22. The third kappa shape index (κ3) is 3.25. The largest absolute Gasteiger partial charge is 0.339 e. The van der Waals surface area contributed by atoms with E-state index in [2.05, 4.69) is 20.6 Å². The van der Waals surface area contributed by atoms with Gasteiger partial charge in [-0.25, -0.2) is 0 Å². The summed E-state index contributed by atoms with van der Waals surface area (Å²) in [7, 11) is 3.78.